The number of rotatable bonds is 10. The van der Waals surface area contributed by atoms with Gasteiger partial charge < -0.3 is 9.80 Å². The zero-order valence-corrected chi connectivity index (χ0v) is 16.9. The van der Waals surface area contributed by atoms with E-state index in [4.69, 9.17) is 0 Å². The summed E-state index contributed by atoms with van der Waals surface area (Å²) in [5.74, 6) is 0. The first-order valence-corrected chi connectivity index (χ1v) is 10.3. The molecule has 0 aliphatic carbocycles. The van der Waals surface area contributed by atoms with Crippen molar-refractivity contribution in [2.75, 3.05) is 54.4 Å². The number of sulfonamides is 1. The fraction of sp³-hybridized carbons (Fsp3) is 0.750. The lowest BCUT2D eigenvalue weighted by Crippen LogP contribution is -2.35. The molecule has 0 atom stereocenters. The minimum Gasteiger partial charge on any atom is -0.309 e. The van der Waals surface area contributed by atoms with Crippen molar-refractivity contribution in [2.45, 2.75) is 31.6 Å². The van der Waals surface area contributed by atoms with Gasteiger partial charge in [-0.15, -0.1) is 11.3 Å². The Labute approximate surface area is 145 Å². The number of thiophene rings is 1. The molecule has 23 heavy (non-hydrogen) atoms. The Morgan fingerprint density at radius 1 is 0.913 bits per heavy atom. The molecule has 5 nitrogen and oxygen atoms in total. The van der Waals surface area contributed by atoms with Gasteiger partial charge in [0, 0.05) is 22.8 Å². The van der Waals surface area contributed by atoms with E-state index in [9.17, 15) is 8.42 Å². The van der Waals surface area contributed by atoms with Gasteiger partial charge in [0.2, 0.25) is 10.0 Å². The molecule has 0 fully saturated rings. The van der Waals surface area contributed by atoms with Crippen molar-refractivity contribution in [3.8, 4) is 0 Å². The molecular formula is C16H31N3O2S2. The van der Waals surface area contributed by atoms with Gasteiger partial charge >= 0.3 is 0 Å². The maximum absolute atomic E-state index is 13.0. The molecule has 0 bridgehead atoms. The molecule has 1 aromatic heterocycles. The molecule has 0 aromatic carbocycles. The summed E-state index contributed by atoms with van der Waals surface area (Å²) in [6, 6.07) is 1.81. The average molecular weight is 362 g/mol. The van der Waals surface area contributed by atoms with Gasteiger partial charge in [0.05, 0.1) is 4.90 Å². The smallest absolute Gasteiger partial charge is 0.244 e. The highest BCUT2D eigenvalue weighted by Crippen LogP contribution is 2.27. The Bertz CT molecular complexity index is 566. The fourth-order valence-corrected chi connectivity index (χ4v) is 5.52. The first-order valence-electron chi connectivity index (χ1n) is 8.01. The summed E-state index contributed by atoms with van der Waals surface area (Å²) in [6.07, 6.45) is 1.69. The second kappa shape index (κ2) is 9.13. The van der Waals surface area contributed by atoms with E-state index in [0.717, 1.165) is 35.7 Å². The Kier molecular flexibility index (Phi) is 8.17. The van der Waals surface area contributed by atoms with Crippen LogP contribution in [0, 0.1) is 13.8 Å². The van der Waals surface area contributed by atoms with E-state index in [0.29, 0.717) is 18.0 Å². The molecule has 1 heterocycles. The van der Waals surface area contributed by atoms with Gasteiger partial charge in [0.15, 0.2) is 0 Å². The van der Waals surface area contributed by atoms with E-state index >= 15 is 0 Å². The topological polar surface area (TPSA) is 43.9 Å². The van der Waals surface area contributed by atoms with Crippen LogP contribution in [0.3, 0.4) is 0 Å². The van der Waals surface area contributed by atoms with Crippen LogP contribution in [-0.4, -0.2) is 76.9 Å². The van der Waals surface area contributed by atoms with Crippen LogP contribution in [0.15, 0.2) is 11.0 Å². The summed E-state index contributed by atoms with van der Waals surface area (Å²) in [5.41, 5.74) is 0. The van der Waals surface area contributed by atoms with Gasteiger partial charge in [-0.3, -0.25) is 0 Å². The highest BCUT2D eigenvalue weighted by atomic mass is 32.2. The van der Waals surface area contributed by atoms with E-state index in [1.54, 1.807) is 21.7 Å². The Hall–Kier alpha value is -0.470. The van der Waals surface area contributed by atoms with Crippen molar-refractivity contribution >= 4 is 21.4 Å². The lowest BCUT2D eigenvalue weighted by Gasteiger charge is -2.23. The van der Waals surface area contributed by atoms with Gasteiger partial charge in [-0.2, -0.15) is 4.31 Å². The largest absolute Gasteiger partial charge is 0.309 e. The molecule has 134 valence electrons. The van der Waals surface area contributed by atoms with Gasteiger partial charge in [0.1, 0.15) is 0 Å². The van der Waals surface area contributed by atoms with E-state index < -0.39 is 10.0 Å². The number of hydrogen-bond donors (Lipinski definition) is 0. The van der Waals surface area contributed by atoms with Crippen LogP contribution in [0.1, 0.15) is 22.6 Å². The normalized spacial score (nSPS) is 12.7. The molecule has 1 rings (SSSR count). The molecule has 1 aromatic rings. The summed E-state index contributed by atoms with van der Waals surface area (Å²) in [6.45, 7) is 6.77. The maximum Gasteiger partial charge on any atom is 0.244 e. The summed E-state index contributed by atoms with van der Waals surface area (Å²) in [4.78, 5) is 6.58. The zero-order valence-electron chi connectivity index (χ0n) is 15.3. The van der Waals surface area contributed by atoms with Crippen molar-refractivity contribution in [2.24, 2.45) is 0 Å². The monoisotopic (exact) mass is 361 g/mol. The summed E-state index contributed by atoms with van der Waals surface area (Å²) in [7, 11) is 4.64. The SMILES string of the molecule is Cc1cc(S(=O)(=O)N(CCCN(C)C)CCCN(C)C)c(C)s1. The maximum atomic E-state index is 13.0. The highest BCUT2D eigenvalue weighted by Gasteiger charge is 2.26. The van der Waals surface area contributed by atoms with Crippen molar-refractivity contribution in [1.29, 1.82) is 0 Å². The third kappa shape index (κ3) is 6.51. The lowest BCUT2D eigenvalue weighted by molar-refractivity contribution is 0.326. The molecule has 0 radical (unpaired) electrons. The second-order valence-corrected chi connectivity index (χ2v) is 9.86. The summed E-state index contributed by atoms with van der Waals surface area (Å²) >= 11 is 1.55. The van der Waals surface area contributed by atoms with Crippen LogP contribution in [0.2, 0.25) is 0 Å². The first kappa shape index (κ1) is 20.6. The third-order valence-corrected chi connectivity index (χ3v) is 6.76. The van der Waals surface area contributed by atoms with Crippen molar-refractivity contribution < 1.29 is 8.42 Å². The molecular weight excluding hydrogens is 330 g/mol. The standard InChI is InChI=1S/C16H31N3O2S2/c1-14-13-16(15(2)22-14)23(20,21)19(11-7-9-17(3)4)12-8-10-18(5)6/h13H,7-12H2,1-6H3. The Morgan fingerprint density at radius 2 is 1.39 bits per heavy atom. The minimum absolute atomic E-state index is 0.481. The van der Waals surface area contributed by atoms with E-state index in [-0.39, 0.29) is 0 Å². The van der Waals surface area contributed by atoms with E-state index in [2.05, 4.69) is 9.80 Å². The molecule has 0 saturated carbocycles. The van der Waals surface area contributed by atoms with Gasteiger partial charge in [0.25, 0.3) is 0 Å². The van der Waals surface area contributed by atoms with Crippen molar-refractivity contribution in [3.63, 3.8) is 0 Å². The molecule has 0 spiro atoms. The summed E-state index contributed by atoms with van der Waals surface area (Å²) in [5, 5.41) is 0. The minimum atomic E-state index is -3.40. The van der Waals surface area contributed by atoms with Gasteiger partial charge in [-0.05, 0) is 74.0 Å². The predicted molar refractivity (Wildman–Crippen MR) is 98.9 cm³/mol. The number of aryl methyl sites for hydroxylation is 2. The number of nitrogens with zero attached hydrogens (tertiary/aromatic N) is 3. The third-order valence-electron chi connectivity index (χ3n) is 3.64. The van der Waals surface area contributed by atoms with Crippen LogP contribution in [-0.2, 0) is 10.0 Å². The molecule has 0 aliphatic rings. The van der Waals surface area contributed by atoms with Crippen molar-refractivity contribution in [1.82, 2.24) is 14.1 Å². The summed E-state index contributed by atoms with van der Waals surface area (Å²) < 4.78 is 27.7. The van der Waals surface area contributed by atoms with Crippen LogP contribution in [0.4, 0.5) is 0 Å². The first-order chi connectivity index (χ1) is 10.6. The lowest BCUT2D eigenvalue weighted by atomic mass is 10.3. The molecule has 0 saturated heterocycles. The van der Waals surface area contributed by atoms with Gasteiger partial charge in [-0.25, -0.2) is 8.42 Å². The van der Waals surface area contributed by atoms with Crippen LogP contribution >= 0.6 is 11.3 Å². The molecule has 7 heteroatoms. The van der Waals surface area contributed by atoms with Crippen LogP contribution in [0.25, 0.3) is 0 Å². The van der Waals surface area contributed by atoms with Gasteiger partial charge in [-0.1, -0.05) is 0 Å². The predicted octanol–water partition coefficient (Wildman–Crippen LogP) is 2.26. The Balaban J connectivity index is 2.89. The Morgan fingerprint density at radius 3 is 1.74 bits per heavy atom. The van der Waals surface area contributed by atoms with E-state index in [1.807, 2.05) is 42.0 Å². The fourth-order valence-electron chi connectivity index (χ4n) is 2.48. The quantitative estimate of drug-likeness (QED) is 0.641. The zero-order chi connectivity index (χ0) is 17.6. The van der Waals surface area contributed by atoms with Crippen molar-refractivity contribution in [3.05, 3.63) is 15.8 Å². The average Bonchev–Trinajstić information content (AvgIpc) is 2.76. The molecule has 0 amide bonds. The second-order valence-electron chi connectivity index (χ2n) is 6.50. The highest BCUT2D eigenvalue weighted by molar-refractivity contribution is 7.89. The molecule has 0 aliphatic heterocycles. The van der Waals surface area contributed by atoms with Crippen LogP contribution in [0.5, 0.6) is 0 Å². The molecule has 0 unspecified atom stereocenters. The molecule has 0 N–H and O–H groups in total. The van der Waals surface area contributed by atoms with Crippen LogP contribution < -0.4 is 0 Å². The number of hydrogen-bond acceptors (Lipinski definition) is 5. The van der Waals surface area contributed by atoms with E-state index in [1.165, 1.54) is 0 Å².